The van der Waals surface area contributed by atoms with Crippen LogP contribution in [0.1, 0.15) is 16.2 Å². The summed E-state index contributed by atoms with van der Waals surface area (Å²) in [5.41, 5.74) is 1.33. The van der Waals surface area contributed by atoms with E-state index in [-0.39, 0.29) is 12.3 Å². The molecule has 19 heavy (non-hydrogen) atoms. The van der Waals surface area contributed by atoms with Crippen molar-refractivity contribution in [2.24, 2.45) is 0 Å². The molecule has 0 radical (unpaired) electrons. The molecule has 3 aromatic heterocycles. The second-order valence-corrected chi connectivity index (χ2v) is 3.71. The summed E-state index contributed by atoms with van der Waals surface area (Å²) < 4.78 is 14.8. The molecule has 0 aromatic carbocycles. The molecule has 0 unspecified atom stereocenters. The molecule has 7 nitrogen and oxygen atoms in total. The van der Waals surface area contributed by atoms with Gasteiger partial charge in [0.1, 0.15) is 30.0 Å². The number of aromatic nitrogens is 3. The molecular formula is C12H9N3O4. The minimum absolute atomic E-state index is 0.0461. The number of furan rings is 1. The molecule has 3 rings (SSSR count). The lowest BCUT2D eigenvalue weighted by molar-refractivity contribution is 0.0457. The standard InChI is InChI=1S/C12H9N3O4/c16-12(18-7-8-3-5-19-15-8)10-6-9(13-14-10)11-2-1-4-17-11/h1-6H,7H2,(H,13,14). The SMILES string of the molecule is O=C(OCc1ccon1)c1cc(-c2ccco2)n[nH]1. The van der Waals surface area contributed by atoms with Gasteiger partial charge < -0.3 is 13.7 Å². The summed E-state index contributed by atoms with van der Waals surface area (Å²) in [6.45, 7) is 0.0461. The Labute approximate surface area is 107 Å². The molecule has 0 saturated carbocycles. The molecule has 0 atom stereocenters. The van der Waals surface area contributed by atoms with Gasteiger partial charge in [-0.05, 0) is 12.1 Å². The van der Waals surface area contributed by atoms with Gasteiger partial charge in [-0.2, -0.15) is 5.10 Å². The Morgan fingerprint density at radius 3 is 3.05 bits per heavy atom. The van der Waals surface area contributed by atoms with Crippen LogP contribution in [0.5, 0.6) is 0 Å². The van der Waals surface area contributed by atoms with Crippen molar-refractivity contribution in [3.8, 4) is 11.5 Å². The van der Waals surface area contributed by atoms with Crippen molar-refractivity contribution < 1.29 is 18.5 Å². The first-order valence-electron chi connectivity index (χ1n) is 5.48. The van der Waals surface area contributed by atoms with E-state index in [0.717, 1.165) is 0 Å². The third kappa shape index (κ3) is 2.39. The van der Waals surface area contributed by atoms with E-state index in [9.17, 15) is 4.79 Å². The molecule has 0 amide bonds. The van der Waals surface area contributed by atoms with Crippen LogP contribution in [0.25, 0.3) is 11.5 Å². The Bertz CT molecular complexity index is 655. The van der Waals surface area contributed by atoms with E-state index >= 15 is 0 Å². The summed E-state index contributed by atoms with van der Waals surface area (Å²) in [6.07, 6.45) is 2.95. The zero-order chi connectivity index (χ0) is 13.1. The molecule has 0 bridgehead atoms. The summed E-state index contributed by atoms with van der Waals surface area (Å²) in [6, 6.07) is 6.67. The normalized spacial score (nSPS) is 10.5. The Kier molecular flexibility index (Phi) is 2.85. The monoisotopic (exact) mass is 259 g/mol. The number of rotatable bonds is 4. The fourth-order valence-corrected chi connectivity index (χ4v) is 1.51. The Balaban J connectivity index is 1.67. The van der Waals surface area contributed by atoms with Crippen molar-refractivity contribution >= 4 is 5.97 Å². The second-order valence-electron chi connectivity index (χ2n) is 3.71. The van der Waals surface area contributed by atoms with Gasteiger partial charge in [0.15, 0.2) is 5.76 Å². The maximum atomic E-state index is 11.7. The van der Waals surface area contributed by atoms with Gasteiger partial charge in [-0.15, -0.1) is 0 Å². The third-order valence-corrected chi connectivity index (χ3v) is 2.41. The van der Waals surface area contributed by atoms with Gasteiger partial charge in [-0.25, -0.2) is 4.79 Å². The number of aromatic amines is 1. The average molecular weight is 259 g/mol. The smallest absolute Gasteiger partial charge is 0.356 e. The van der Waals surface area contributed by atoms with E-state index in [2.05, 4.69) is 19.9 Å². The quantitative estimate of drug-likeness (QED) is 0.720. The lowest BCUT2D eigenvalue weighted by Crippen LogP contribution is -2.05. The van der Waals surface area contributed by atoms with Crippen molar-refractivity contribution in [1.29, 1.82) is 0 Å². The molecule has 0 aliphatic carbocycles. The maximum absolute atomic E-state index is 11.7. The molecule has 3 heterocycles. The van der Waals surface area contributed by atoms with E-state index in [1.807, 2.05) is 0 Å². The van der Waals surface area contributed by atoms with E-state index in [1.165, 1.54) is 12.5 Å². The zero-order valence-electron chi connectivity index (χ0n) is 9.70. The summed E-state index contributed by atoms with van der Waals surface area (Å²) >= 11 is 0. The maximum Gasteiger partial charge on any atom is 0.356 e. The number of H-pyrrole nitrogens is 1. The Hall–Kier alpha value is -2.83. The van der Waals surface area contributed by atoms with Crippen LogP contribution in [-0.4, -0.2) is 21.3 Å². The predicted octanol–water partition coefficient (Wildman–Crippen LogP) is 2.01. The highest BCUT2D eigenvalue weighted by molar-refractivity contribution is 5.88. The van der Waals surface area contributed by atoms with Gasteiger partial charge >= 0.3 is 5.97 Å². The highest BCUT2D eigenvalue weighted by atomic mass is 16.5. The van der Waals surface area contributed by atoms with Crippen LogP contribution in [0.3, 0.4) is 0 Å². The van der Waals surface area contributed by atoms with Crippen LogP contribution in [0.4, 0.5) is 0 Å². The topological polar surface area (TPSA) is 94.2 Å². The molecule has 96 valence electrons. The first-order valence-corrected chi connectivity index (χ1v) is 5.48. The van der Waals surface area contributed by atoms with Crippen molar-refractivity contribution in [3.63, 3.8) is 0 Å². The van der Waals surface area contributed by atoms with Gasteiger partial charge in [0.2, 0.25) is 0 Å². The molecule has 0 saturated heterocycles. The molecule has 0 fully saturated rings. The van der Waals surface area contributed by atoms with E-state index in [0.29, 0.717) is 17.1 Å². The number of esters is 1. The number of nitrogens with zero attached hydrogens (tertiary/aromatic N) is 2. The number of hydrogen-bond acceptors (Lipinski definition) is 6. The molecule has 0 aliphatic rings. The van der Waals surface area contributed by atoms with Crippen LogP contribution in [-0.2, 0) is 11.3 Å². The van der Waals surface area contributed by atoms with Crippen LogP contribution in [0.15, 0.2) is 45.7 Å². The average Bonchev–Trinajstić information content (AvgIpc) is 3.14. The largest absolute Gasteiger partial charge is 0.463 e. The molecular weight excluding hydrogens is 250 g/mol. The first kappa shape index (κ1) is 11.3. The molecule has 7 heteroatoms. The van der Waals surface area contributed by atoms with Gasteiger partial charge in [0.05, 0.1) is 6.26 Å². The summed E-state index contributed by atoms with van der Waals surface area (Å²) in [5, 5.41) is 10.2. The zero-order valence-corrected chi connectivity index (χ0v) is 9.70. The van der Waals surface area contributed by atoms with Gasteiger partial charge in [-0.1, -0.05) is 5.16 Å². The lowest BCUT2D eigenvalue weighted by Gasteiger charge is -1.98. The number of carbonyl (C=O) groups excluding carboxylic acids is 1. The van der Waals surface area contributed by atoms with E-state index in [4.69, 9.17) is 9.15 Å². The minimum atomic E-state index is -0.520. The minimum Gasteiger partial charge on any atom is -0.463 e. The van der Waals surface area contributed by atoms with Crippen molar-refractivity contribution in [1.82, 2.24) is 15.4 Å². The Morgan fingerprint density at radius 1 is 1.37 bits per heavy atom. The van der Waals surface area contributed by atoms with Crippen LogP contribution >= 0.6 is 0 Å². The van der Waals surface area contributed by atoms with Crippen LogP contribution < -0.4 is 0 Å². The van der Waals surface area contributed by atoms with Gasteiger partial charge in [0.25, 0.3) is 0 Å². The highest BCUT2D eigenvalue weighted by Crippen LogP contribution is 2.18. The molecule has 1 N–H and O–H groups in total. The number of ether oxygens (including phenoxy) is 1. The van der Waals surface area contributed by atoms with Crippen LogP contribution in [0.2, 0.25) is 0 Å². The third-order valence-electron chi connectivity index (χ3n) is 2.41. The summed E-state index contributed by atoms with van der Waals surface area (Å²) in [7, 11) is 0. The van der Waals surface area contributed by atoms with Gasteiger partial charge in [0, 0.05) is 12.1 Å². The number of nitrogens with one attached hydrogen (secondary N) is 1. The van der Waals surface area contributed by atoms with E-state index in [1.54, 1.807) is 24.3 Å². The van der Waals surface area contributed by atoms with Gasteiger partial charge in [-0.3, -0.25) is 5.10 Å². The molecule has 3 aromatic rings. The predicted molar refractivity (Wildman–Crippen MR) is 61.9 cm³/mol. The Morgan fingerprint density at radius 2 is 2.32 bits per heavy atom. The lowest BCUT2D eigenvalue weighted by atomic mass is 10.3. The first-order chi connectivity index (χ1) is 9.33. The van der Waals surface area contributed by atoms with Crippen molar-refractivity contribution in [2.45, 2.75) is 6.61 Å². The van der Waals surface area contributed by atoms with Crippen molar-refractivity contribution in [2.75, 3.05) is 0 Å². The highest BCUT2D eigenvalue weighted by Gasteiger charge is 2.14. The fourth-order valence-electron chi connectivity index (χ4n) is 1.51. The van der Waals surface area contributed by atoms with E-state index < -0.39 is 5.97 Å². The molecule has 0 aliphatic heterocycles. The second kappa shape index (κ2) is 4.81. The van der Waals surface area contributed by atoms with Crippen molar-refractivity contribution in [3.05, 3.63) is 48.2 Å². The molecule has 0 spiro atoms. The fraction of sp³-hybridized carbons (Fsp3) is 0.0833. The number of hydrogen-bond donors (Lipinski definition) is 1. The summed E-state index contributed by atoms with van der Waals surface area (Å²) in [5.74, 6) is 0.0557. The summed E-state index contributed by atoms with van der Waals surface area (Å²) in [4.78, 5) is 11.7. The number of carbonyl (C=O) groups is 1. The van der Waals surface area contributed by atoms with Crippen LogP contribution in [0, 0.1) is 0 Å².